The van der Waals surface area contributed by atoms with Crippen molar-refractivity contribution in [1.82, 2.24) is 24.7 Å². The number of likely N-dealkylation sites (tertiary alicyclic amines) is 1. The minimum atomic E-state index is -4.32. The first-order chi connectivity index (χ1) is 16.9. The maximum atomic E-state index is 13.2. The van der Waals surface area contributed by atoms with Gasteiger partial charge in [0.1, 0.15) is 6.33 Å². The Kier molecular flexibility index (Phi) is 7.44. The summed E-state index contributed by atoms with van der Waals surface area (Å²) in [7, 11) is 0. The summed E-state index contributed by atoms with van der Waals surface area (Å²) in [6.07, 6.45) is -1.03. The molecule has 2 fully saturated rings. The van der Waals surface area contributed by atoms with Crippen LogP contribution < -0.4 is 0 Å². The van der Waals surface area contributed by atoms with Crippen LogP contribution in [-0.2, 0) is 6.18 Å². The quantitative estimate of drug-likeness (QED) is 0.596. The summed E-state index contributed by atoms with van der Waals surface area (Å²) in [4.78, 5) is 28.4. The van der Waals surface area contributed by atoms with Crippen LogP contribution in [0.2, 0.25) is 0 Å². The maximum Gasteiger partial charge on any atom is 0.416 e. The number of halogens is 3. The van der Waals surface area contributed by atoms with Gasteiger partial charge < -0.3 is 4.90 Å². The molecule has 2 atom stereocenters. The van der Waals surface area contributed by atoms with Crippen molar-refractivity contribution >= 4 is 5.91 Å². The molecule has 0 bridgehead atoms. The van der Waals surface area contributed by atoms with Gasteiger partial charge in [0, 0.05) is 50.3 Å². The van der Waals surface area contributed by atoms with Crippen molar-refractivity contribution in [3.63, 3.8) is 0 Å². The molecule has 3 heterocycles. The third kappa shape index (κ3) is 5.27. The van der Waals surface area contributed by atoms with Gasteiger partial charge in [-0.2, -0.15) is 13.2 Å². The molecule has 2 aliphatic heterocycles. The number of alkyl halides is 3. The van der Waals surface area contributed by atoms with E-state index in [-0.39, 0.29) is 23.5 Å². The Balaban J connectivity index is 1.36. The van der Waals surface area contributed by atoms with Gasteiger partial charge in [-0.1, -0.05) is 12.1 Å². The molecule has 2 saturated heterocycles. The normalized spacial score (nSPS) is 22.4. The van der Waals surface area contributed by atoms with Gasteiger partial charge in [-0.3, -0.25) is 14.6 Å². The molecule has 9 heteroatoms. The second kappa shape index (κ2) is 10.1. The van der Waals surface area contributed by atoms with E-state index >= 15 is 0 Å². The van der Waals surface area contributed by atoms with Crippen LogP contribution >= 0.6 is 0 Å². The largest absolute Gasteiger partial charge is 0.416 e. The molecule has 0 spiro atoms. The van der Waals surface area contributed by atoms with Crippen LogP contribution in [0, 0.1) is 13.8 Å². The van der Waals surface area contributed by atoms with E-state index in [0.717, 1.165) is 38.0 Å². The maximum absolute atomic E-state index is 13.2. The van der Waals surface area contributed by atoms with Gasteiger partial charge in [0.05, 0.1) is 22.5 Å². The van der Waals surface area contributed by atoms with Crippen LogP contribution in [0.5, 0.6) is 0 Å². The molecule has 4 rings (SSSR count). The van der Waals surface area contributed by atoms with E-state index in [0.29, 0.717) is 30.0 Å². The first-order valence-electron chi connectivity index (χ1n) is 12.7. The summed E-state index contributed by atoms with van der Waals surface area (Å²) < 4.78 is 38.8. The minimum Gasteiger partial charge on any atom is -0.338 e. The lowest BCUT2D eigenvalue weighted by atomic mass is 9.86. The lowest BCUT2D eigenvalue weighted by Crippen LogP contribution is -2.62. The number of aryl methyl sites for hydroxylation is 2. The molecule has 0 radical (unpaired) electrons. The van der Waals surface area contributed by atoms with Crippen LogP contribution in [0.4, 0.5) is 13.2 Å². The number of nitrogens with zero attached hydrogens (tertiary/aromatic N) is 5. The minimum absolute atomic E-state index is 0.00595. The second-order valence-electron chi connectivity index (χ2n) is 10.5. The third-order valence-corrected chi connectivity index (χ3v) is 8.23. The molecule has 36 heavy (non-hydrogen) atoms. The summed E-state index contributed by atoms with van der Waals surface area (Å²) in [6.45, 7) is 14.3. The van der Waals surface area contributed by atoms with Gasteiger partial charge in [-0.25, -0.2) is 9.97 Å². The SMILES string of the molecule is Cc1ncnc(C)c1C(=O)N1CCC(C)(N2CCN([C@@H](C)c3ccc(C(F)(F)F)cc3)C(C)C2)CC1. The van der Waals surface area contributed by atoms with Crippen LogP contribution in [0.3, 0.4) is 0 Å². The number of benzene rings is 1. The molecule has 6 nitrogen and oxygen atoms in total. The number of rotatable bonds is 4. The third-order valence-electron chi connectivity index (χ3n) is 8.23. The molecule has 0 aliphatic carbocycles. The van der Waals surface area contributed by atoms with Crippen molar-refractivity contribution in [1.29, 1.82) is 0 Å². The van der Waals surface area contributed by atoms with Crippen LogP contribution in [0.25, 0.3) is 0 Å². The zero-order chi connectivity index (χ0) is 26.3. The van der Waals surface area contributed by atoms with Gasteiger partial charge >= 0.3 is 6.18 Å². The molecule has 0 saturated carbocycles. The number of aromatic nitrogens is 2. The fraction of sp³-hybridized carbons (Fsp3) is 0.593. The van der Waals surface area contributed by atoms with Crippen LogP contribution in [0.1, 0.15) is 72.5 Å². The van der Waals surface area contributed by atoms with E-state index in [1.54, 1.807) is 12.1 Å². The second-order valence-corrected chi connectivity index (χ2v) is 10.5. The van der Waals surface area contributed by atoms with Crippen molar-refractivity contribution in [3.05, 3.63) is 58.7 Å². The van der Waals surface area contributed by atoms with Crippen molar-refractivity contribution in [2.24, 2.45) is 0 Å². The standard InChI is InChI=1S/C27H36F3N5O/c1-18-16-34(14-15-35(18)21(4)22-6-8-23(9-7-22)27(28,29)30)26(5)10-12-33(13-11-26)25(36)24-19(2)31-17-32-20(24)3/h6-9,17-18,21H,10-16H2,1-5H3/t18?,21-/m0/s1. The topological polar surface area (TPSA) is 52.6 Å². The molecule has 1 aromatic heterocycles. The summed E-state index contributed by atoms with van der Waals surface area (Å²) in [6, 6.07) is 5.85. The van der Waals surface area contributed by atoms with Crippen molar-refractivity contribution in [3.8, 4) is 0 Å². The van der Waals surface area contributed by atoms with Gasteiger partial charge in [0.25, 0.3) is 5.91 Å². The molecule has 1 aromatic carbocycles. The van der Waals surface area contributed by atoms with Crippen LogP contribution in [-0.4, -0.2) is 74.9 Å². The molecule has 1 amide bonds. The number of piperazine rings is 1. The molecule has 2 aromatic rings. The van der Waals surface area contributed by atoms with E-state index in [1.807, 2.05) is 18.7 Å². The van der Waals surface area contributed by atoms with Crippen LogP contribution in [0.15, 0.2) is 30.6 Å². The van der Waals surface area contributed by atoms with Gasteiger partial charge in [0.15, 0.2) is 0 Å². The molecular weight excluding hydrogens is 467 g/mol. The Hall–Kier alpha value is -2.52. The Bertz CT molecular complexity index is 1060. The molecular formula is C27H36F3N5O. The zero-order valence-electron chi connectivity index (χ0n) is 21.8. The van der Waals surface area contributed by atoms with E-state index in [4.69, 9.17) is 0 Å². The summed E-state index contributed by atoms with van der Waals surface area (Å²) in [5.41, 5.74) is 2.34. The number of carbonyl (C=O) groups excluding carboxylic acids is 1. The molecule has 196 valence electrons. The first-order valence-corrected chi connectivity index (χ1v) is 12.7. The van der Waals surface area contributed by atoms with E-state index in [1.165, 1.54) is 18.5 Å². The smallest absolute Gasteiger partial charge is 0.338 e. The van der Waals surface area contributed by atoms with Gasteiger partial charge in [0.2, 0.25) is 0 Å². The van der Waals surface area contributed by atoms with E-state index in [9.17, 15) is 18.0 Å². The number of hydrogen-bond acceptors (Lipinski definition) is 5. The highest BCUT2D eigenvalue weighted by Gasteiger charge is 2.41. The number of carbonyl (C=O) groups is 1. The summed E-state index contributed by atoms with van der Waals surface area (Å²) >= 11 is 0. The average molecular weight is 504 g/mol. The number of amides is 1. The van der Waals surface area contributed by atoms with Crippen molar-refractivity contribution in [2.75, 3.05) is 32.7 Å². The molecule has 2 aliphatic rings. The Morgan fingerprint density at radius 2 is 1.61 bits per heavy atom. The zero-order valence-corrected chi connectivity index (χ0v) is 21.8. The Morgan fingerprint density at radius 3 is 2.14 bits per heavy atom. The fourth-order valence-electron chi connectivity index (χ4n) is 5.75. The van der Waals surface area contributed by atoms with Crippen molar-refractivity contribution in [2.45, 2.75) is 71.3 Å². The lowest BCUT2D eigenvalue weighted by molar-refractivity contribution is -0.137. The Labute approximate surface area is 211 Å². The highest BCUT2D eigenvalue weighted by Crippen LogP contribution is 2.35. The predicted molar refractivity (Wildman–Crippen MR) is 133 cm³/mol. The van der Waals surface area contributed by atoms with Gasteiger partial charge in [-0.05, 0) is 65.2 Å². The predicted octanol–water partition coefficient (Wildman–Crippen LogP) is 4.87. The van der Waals surface area contributed by atoms with E-state index in [2.05, 4.69) is 40.5 Å². The molecule has 1 unspecified atom stereocenters. The average Bonchev–Trinajstić information content (AvgIpc) is 2.83. The number of piperidine rings is 1. The summed E-state index contributed by atoms with van der Waals surface area (Å²) in [5, 5.41) is 0. The van der Waals surface area contributed by atoms with Crippen molar-refractivity contribution < 1.29 is 18.0 Å². The Morgan fingerprint density at radius 1 is 1.03 bits per heavy atom. The lowest BCUT2D eigenvalue weighted by Gasteiger charge is -2.52. The summed E-state index contributed by atoms with van der Waals surface area (Å²) in [5.74, 6) is 0.0104. The van der Waals surface area contributed by atoms with E-state index < -0.39 is 11.7 Å². The highest BCUT2D eigenvalue weighted by atomic mass is 19.4. The highest BCUT2D eigenvalue weighted by molar-refractivity contribution is 5.96. The monoisotopic (exact) mass is 503 g/mol. The fourth-order valence-corrected chi connectivity index (χ4v) is 5.75. The molecule has 0 N–H and O–H groups in total. The number of hydrogen-bond donors (Lipinski definition) is 0. The van der Waals surface area contributed by atoms with Gasteiger partial charge in [-0.15, -0.1) is 0 Å². The first kappa shape index (κ1) is 26.5.